The van der Waals surface area contributed by atoms with Crippen LogP contribution >= 0.6 is 23.1 Å². The largest absolute Gasteiger partial charge is 0.493 e. The number of carbonyl (C=O) groups is 5. The van der Waals surface area contributed by atoms with Crippen LogP contribution in [-0.4, -0.2) is 153 Å². The first-order valence-electron chi connectivity index (χ1n) is 25.0. The first-order chi connectivity index (χ1) is 37.3. The van der Waals surface area contributed by atoms with Gasteiger partial charge in [0.05, 0.1) is 104 Å². The average Bonchev–Trinajstić information content (AvgIpc) is 4.11. The van der Waals surface area contributed by atoms with E-state index < -0.39 is 70.0 Å². The zero-order chi connectivity index (χ0) is 56.4. The number of thiazole rings is 1. The second-order valence-corrected chi connectivity index (χ2v) is 20.8. The number of benzene rings is 3. The van der Waals surface area contributed by atoms with Crippen LogP contribution in [0.1, 0.15) is 62.4 Å². The van der Waals surface area contributed by atoms with Gasteiger partial charge in [-0.05, 0) is 96.6 Å². The topological polar surface area (TPSA) is 237 Å². The summed E-state index contributed by atoms with van der Waals surface area (Å²) in [6, 6.07) is 14.3. The number of aliphatic hydroxyl groups is 1. The molecule has 6 rings (SSSR count). The second kappa shape index (κ2) is 29.0. The molecule has 3 atom stereocenters. The van der Waals surface area contributed by atoms with Gasteiger partial charge in [0.2, 0.25) is 17.7 Å². The quantitative estimate of drug-likeness (QED) is 0.0363. The van der Waals surface area contributed by atoms with Gasteiger partial charge in [-0.1, -0.05) is 39.0 Å². The Labute approximate surface area is 458 Å². The third-order valence-corrected chi connectivity index (χ3v) is 13.9. The molecule has 4 aromatic rings. The van der Waals surface area contributed by atoms with E-state index in [-0.39, 0.29) is 74.5 Å². The van der Waals surface area contributed by atoms with Crippen molar-refractivity contribution in [1.29, 1.82) is 5.26 Å². The highest BCUT2D eigenvalue weighted by Crippen LogP contribution is 2.42. The Morgan fingerprint density at radius 2 is 1.55 bits per heavy atom. The monoisotopic (exact) mass is 1120 g/mol. The van der Waals surface area contributed by atoms with Crippen LogP contribution in [0.4, 0.5) is 23.7 Å². The van der Waals surface area contributed by atoms with Gasteiger partial charge >= 0.3 is 6.18 Å². The van der Waals surface area contributed by atoms with Crippen molar-refractivity contribution >= 4 is 63.7 Å². The van der Waals surface area contributed by atoms with Crippen molar-refractivity contribution < 1.29 is 75.4 Å². The molecule has 3 heterocycles. The van der Waals surface area contributed by atoms with Gasteiger partial charge in [0, 0.05) is 31.9 Å². The second-order valence-electron chi connectivity index (χ2n) is 19.0. The number of nitrogens with one attached hydrogen (secondary N) is 2. The number of methoxy groups -OCH3 is 1. The Morgan fingerprint density at radius 1 is 0.885 bits per heavy atom. The fourth-order valence-electron chi connectivity index (χ4n) is 8.09. The third-order valence-electron chi connectivity index (χ3n) is 12.0. The van der Waals surface area contributed by atoms with E-state index in [4.69, 9.17) is 38.4 Å². The number of carbonyl (C=O) groups excluding carboxylic acids is 5. The fraction of sp³-hybridized carbons (Fsp3) is 0.463. The molecule has 24 heteroatoms. The maximum atomic E-state index is 14.0. The molecule has 5 amide bonds. The lowest BCUT2D eigenvalue weighted by atomic mass is 9.85. The lowest BCUT2D eigenvalue weighted by Gasteiger charge is -2.35. The lowest BCUT2D eigenvalue weighted by molar-refractivity contribution is -0.143. The van der Waals surface area contributed by atoms with E-state index in [1.165, 1.54) is 53.7 Å². The molecule has 420 valence electrons. The molecule has 0 aliphatic carbocycles. The van der Waals surface area contributed by atoms with Crippen molar-refractivity contribution in [3.63, 3.8) is 0 Å². The van der Waals surface area contributed by atoms with Crippen LogP contribution < -0.4 is 20.1 Å². The van der Waals surface area contributed by atoms with Gasteiger partial charge in [0.1, 0.15) is 24.4 Å². The molecule has 3 aromatic carbocycles. The molecule has 2 saturated heterocycles. The minimum atomic E-state index is -4.78. The van der Waals surface area contributed by atoms with Crippen LogP contribution in [0.25, 0.3) is 16.5 Å². The van der Waals surface area contributed by atoms with Gasteiger partial charge in [-0.15, -0.1) is 11.3 Å². The summed E-state index contributed by atoms with van der Waals surface area (Å²) in [5.74, 6) is -2.46. The van der Waals surface area contributed by atoms with E-state index in [0.717, 1.165) is 51.7 Å². The highest BCUT2D eigenvalue weighted by Gasteiger charge is 2.45. The maximum Gasteiger partial charge on any atom is 0.420 e. The van der Waals surface area contributed by atoms with E-state index in [0.29, 0.717) is 50.4 Å². The zero-order valence-electron chi connectivity index (χ0n) is 43.9. The number of alkyl halides is 3. The molecular weight excluding hydrogens is 1060 g/mol. The van der Waals surface area contributed by atoms with Crippen LogP contribution in [0.2, 0.25) is 0 Å². The van der Waals surface area contributed by atoms with Crippen molar-refractivity contribution in [3.8, 4) is 33.8 Å². The van der Waals surface area contributed by atoms with Gasteiger partial charge in [-0.25, -0.2) is 4.98 Å². The van der Waals surface area contributed by atoms with Gasteiger partial charge in [0.25, 0.3) is 11.1 Å². The normalized spacial score (nSPS) is 16.6. The van der Waals surface area contributed by atoms with Crippen LogP contribution in [0, 0.1) is 23.7 Å². The molecule has 78 heavy (non-hydrogen) atoms. The fourth-order valence-corrected chi connectivity index (χ4v) is 9.76. The van der Waals surface area contributed by atoms with Crippen LogP contribution in [0.3, 0.4) is 0 Å². The molecule has 3 N–H and O–H groups in total. The minimum absolute atomic E-state index is 0.0154. The molecule has 0 spiro atoms. The number of thioether (sulfide) groups is 1. The first-order valence-corrected chi connectivity index (χ1v) is 26.7. The number of aromatic nitrogens is 1. The average molecular weight is 1130 g/mol. The molecule has 19 nitrogen and oxygen atoms in total. The number of imide groups is 1. The summed E-state index contributed by atoms with van der Waals surface area (Å²) in [4.78, 5) is 74.0. The molecule has 2 fully saturated rings. The number of unbranched alkanes of at least 4 members (excludes halogenated alkanes) is 1. The van der Waals surface area contributed by atoms with E-state index in [1.54, 1.807) is 38.4 Å². The highest BCUT2D eigenvalue weighted by atomic mass is 32.2. The number of hydrogen-bond donors (Lipinski definition) is 3. The minimum Gasteiger partial charge on any atom is -0.493 e. The first kappa shape index (κ1) is 60.8. The summed E-state index contributed by atoms with van der Waals surface area (Å²) in [5, 5.41) is 24.8. The number of amides is 5. The maximum absolute atomic E-state index is 14.0. The van der Waals surface area contributed by atoms with E-state index >= 15 is 0 Å². The van der Waals surface area contributed by atoms with Crippen LogP contribution in [0.5, 0.6) is 17.2 Å². The molecule has 1 unspecified atom stereocenters. The molecular formula is C54H63F3N6O13S2. The summed E-state index contributed by atoms with van der Waals surface area (Å²) in [6.07, 6.45) is -2.71. The third kappa shape index (κ3) is 17.5. The highest BCUT2D eigenvalue weighted by molar-refractivity contribution is 8.18. The number of nitriles is 1. The lowest BCUT2D eigenvalue weighted by Crippen LogP contribution is -2.57. The Bertz CT molecular complexity index is 2800. The molecule has 1 aromatic heterocycles. The standard InChI is InChI=1S/C54H63F3N6O13S2/c1-34-47(77-33-59-34)37-9-8-10-38(28-37)60-49(66)41-29-39(64)31-63(41)51(68)48(53(2,3)4)61-46(65)32-75-24-23-74-22-20-72-17-7-6-16-71-19-21-73-18-15-62-50(67)45(78-52(62)69)27-35-11-14-43(44(26-35)70-5)76-42-13-12-36(30-58)25-40(42)54(55,56)57/h8-14,25-28,33,39,41,48,64H,6-7,15-24,29,31-32H2,1-5H3,(H,60,66)(H,61,65)/b45-27-/t39-,41?,48-/m1/s1. The molecule has 2 aliphatic heterocycles. The number of anilines is 1. The Morgan fingerprint density at radius 3 is 2.19 bits per heavy atom. The number of rotatable bonds is 28. The summed E-state index contributed by atoms with van der Waals surface area (Å²) in [7, 11) is 1.30. The van der Waals surface area contributed by atoms with Crippen LogP contribution in [0.15, 0.2) is 71.1 Å². The van der Waals surface area contributed by atoms with Crippen molar-refractivity contribution in [3.05, 3.63) is 93.5 Å². The molecule has 0 saturated carbocycles. The number of hydrogen-bond acceptors (Lipinski definition) is 17. The van der Waals surface area contributed by atoms with Gasteiger partial charge < -0.3 is 53.8 Å². The zero-order valence-corrected chi connectivity index (χ0v) is 45.5. The Hall–Kier alpha value is -6.43. The van der Waals surface area contributed by atoms with Gasteiger partial charge in [-0.3, -0.25) is 28.9 Å². The van der Waals surface area contributed by atoms with E-state index in [1.807, 2.05) is 25.1 Å². The summed E-state index contributed by atoms with van der Waals surface area (Å²) < 4.78 is 79.8. The summed E-state index contributed by atoms with van der Waals surface area (Å²) in [6.45, 7) is 9.54. The number of aryl methyl sites for hydroxylation is 1. The molecule has 0 radical (unpaired) electrons. The van der Waals surface area contributed by atoms with Gasteiger partial charge in [0.15, 0.2) is 11.5 Å². The molecule has 2 aliphatic rings. The van der Waals surface area contributed by atoms with Crippen molar-refractivity contribution in [2.45, 2.75) is 71.3 Å². The summed E-state index contributed by atoms with van der Waals surface area (Å²) in [5.41, 5.74) is 2.45. The molecule has 0 bridgehead atoms. The Balaban J connectivity index is 0.782. The SMILES string of the molecule is COc1cc(/C=C2\SC(=O)N(CCOCCOCCCCOCCOCCOCC(=O)N[C@H](C(=O)N3C[C@H](O)CC3C(=O)Nc3cccc(-c4scnc4C)c3)C(C)(C)C)C2=O)ccc1Oc1ccc(C#N)cc1C(F)(F)F. The van der Waals surface area contributed by atoms with Crippen molar-refractivity contribution in [2.75, 3.05) is 91.6 Å². The number of nitrogens with zero attached hydrogens (tertiary/aromatic N) is 4. The van der Waals surface area contributed by atoms with Gasteiger partial charge in [-0.2, -0.15) is 18.4 Å². The van der Waals surface area contributed by atoms with Crippen molar-refractivity contribution in [1.82, 2.24) is 20.1 Å². The predicted octanol–water partition coefficient (Wildman–Crippen LogP) is 7.84. The predicted molar refractivity (Wildman–Crippen MR) is 284 cm³/mol. The smallest absolute Gasteiger partial charge is 0.420 e. The van der Waals surface area contributed by atoms with E-state index in [9.17, 15) is 42.3 Å². The van der Waals surface area contributed by atoms with Crippen molar-refractivity contribution in [2.24, 2.45) is 5.41 Å². The Kier molecular flexibility index (Phi) is 22.6. The number of ether oxygens (including phenoxy) is 7. The summed E-state index contributed by atoms with van der Waals surface area (Å²) >= 11 is 2.23. The number of halogens is 3. The number of β-amino-alcohol motifs (C(OH)–C–C–N with tert-alkyl or cyclic N) is 1. The van der Waals surface area contributed by atoms with E-state index in [2.05, 4.69) is 15.6 Å². The number of likely N-dealkylation sites (tertiary alicyclic amines) is 1. The number of aliphatic hydroxyl groups excluding tert-OH is 1. The van der Waals surface area contributed by atoms with Crippen LogP contribution in [-0.2, 0) is 49.0 Å².